The number of nitrogens with zero attached hydrogens (tertiary/aromatic N) is 1. The minimum Gasteiger partial charge on any atom is -0.338 e. The van der Waals surface area contributed by atoms with Gasteiger partial charge in [0.2, 0.25) is 0 Å². The Morgan fingerprint density at radius 2 is 2.25 bits per heavy atom. The molecule has 0 aliphatic carbocycles. The van der Waals surface area contributed by atoms with Crippen molar-refractivity contribution in [1.29, 1.82) is 0 Å². The zero-order valence-corrected chi connectivity index (χ0v) is 12.0. The average molecular weight is 292 g/mol. The SMILES string of the molecule is NCC#Cc1ccc(F)c(C(=O)N2CCCSCC2)c1. The van der Waals surface area contributed by atoms with Crippen LogP contribution in [0.15, 0.2) is 18.2 Å². The van der Waals surface area contributed by atoms with E-state index in [2.05, 4.69) is 11.8 Å². The highest BCUT2D eigenvalue weighted by molar-refractivity contribution is 7.99. The Morgan fingerprint density at radius 1 is 1.40 bits per heavy atom. The molecule has 5 heteroatoms. The molecule has 2 N–H and O–H groups in total. The second kappa shape index (κ2) is 7.32. The highest BCUT2D eigenvalue weighted by Gasteiger charge is 2.20. The summed E-state index contributed by atoms with van der Waals surface area (Å²) in [6, 6.07) is 4.37. The fourth-order valence-electron chi connectivity index (χ4n) is 2.04. The van der Waals surface area contributed by atoms with Crippen LogP contribution in [0.5, 0.6) is 0 Å². The van der Waals surface area contributed by atoms with Crippen molar-refractivity contribution in [2.75, 3.05) is 31.1 Å². The first kappa shape index (κ1) is 14.9. The van der Waals surface area contributed by atoms with E-state index in [1.54, 1.807) is 11.0 Å². The van der Waals surface area contributed by atoms with Gasteiger partial charge < -0.3 is 10.6 Å². The van der Waals surface area contributed by atoms with E-state index in [9.17, 15) is 9.18 Å². The highest BCUT2D eigenvalue weighted by atomic mass is 32.2. The van der Waals surface area contributed by atoms with Gasteiger partial charge in [-0.05, 0) is 30.4 Å². The van der Waals surface area contributed by atoms with Gasteiger partial charge in [-0.15, -0.1) is 0 Å². The number of thioether (sulfide) groups is 1. The van der Waals surface area contributed by atoms with E-state index >= 15 is 0 Å². The lowest BCUT2D eigenvalue weighted by Crippen LogP contribution is -2.33. The van der Waals surface area contributed by atoms with E-state index in [1.165, 1.54) is 12.1 Å². The number of hydrogen-bond acceptors (Lipinski definition) is 3. The van der Waals surface area contributed by atoms with Crippen molar-refractivity contribution < 1.29 is 9.18 Å². The lowest BCUT2D eigenvalue weighted by molar-refractivity contribution is 0.0764. The quantitative estimate of drug-likeness (QED) is 0.802. The van der Waals surface area contributed by atoms with Gasteiger partial charge in [0.15, 0.2) is 0 Å². The van der Waals surface area contributed by atoms with Crippen LogP contribution in [0.1, 0.15) is 22.3 Å². The van der Waals surface area contributed by atoms with E-state index in [0.29, 0.717) is 18.7 Å². The van der Waals surface area contributed by atoms with Crippen molar-refractivity contribution in [2.24, 2.45) is 5.73 Å². The maximum Gasteiger partial charge on any atom is 0.256 e. The number of nitrogens with two attached hydrogens (primary N) is 1. The molecule has 1 amide bonds. The standard InChI is InChI=1S/C15H17FN2OS/c16-14-5-4-12(3-1-6-17)11-13(14)15(19)18-7-2-9-20-10-8-18/h4-5,11H,2,6-10,17H2. The number of amides is 1. The van der Waals surface area contributed by atoms with Gasteiger partial charge in [-0.25, -0.2) is 4.39 Å². The van der Waals surface area contributed by atoms with E-state index in [-0.39, 0.29) is 18.0 Å². The monoisotopic (exact) mass is 292 g/mol. The van der Waals surface area contributed by atoms with Gasteiger partial charge in [-0.2, -0.15) is 11.8 Å². The average Bonchev–Trinajstić information content (AvgIpc) is 2.75. The van der Waals surface area contributed by atoms with Crippen LogP contribution in [0.25, 0.3) is 0 Å². The largest absolute Gasteiger partial charge is 0.338 e. The number of halogens is 1. The summed E-state index contributed by atoms with van der Waals surface area (Å²) >= 11 is 1.83. The van der Waals surface area contributed by atoms with Gasteiger partial charge in [-0.1, -0.05) is 11.8 Å². The lowest BCUT2D eigenvalue weighted by atomic mass is 10.1. The third-order valence-corrected chi connectivity index (χ3v) is 4.09. The van der Waals surface area contributed by atoms with Gasteiger partial charge in [-0.3, -0.25) is 4.79 Å². The number of hydrogen-bond donors (Lipinski definition) is 1. The first-order valence-corrected chi connectivity index (χ1v) is 7.73. The first-order chi connectivity index (χ1) is 9.72. The summed E-state index contributed by atoms with van der Waals surface area (Å²) in [6.45, 7) is 1.59. The molecule has 0 bridgehead atoms. The fourth-order valence-corrected chi connectivity index (χ4v) is 2.93. The normalized spacial score (nSPS) is 15.2. The van der Waals surface area contributed by atoms with Crippen molar-refractivity contribution in [3.63, 3.8) is 0 Å². The zero-order chi connectivity index (χ0) is 14.4. The van der Waals surface area contributed by atoms with Crippen LogP contribution in [0.2, 0.25) is 0 Å². The predicted octanol–water partition coefficient (Wildman–Crippen LogP) is 1.72. The molecule has 106 valence electrons. The van der Waals surface area contributed by atoms with Crippen LogP contribution in [-0.4, -0.2) is 41.9 Å². The molecule has 1 aromatic carbocycles. The highest BCUT2D eigenvalue weighted by Crippen LogP contribution is 2.16. The van der Waals surface area contributed by atoms with Gasteiger partial charge in [0.05, 0.1) is 12.1 Å². The van der Waals surface area contributed by atoms with E-state index < -0.39 is 5.82 Å². The van der Waals surface area contributed by atoms with Crippen molar-refractivity contribution in [3.8, 4) is 11.8 Å². The van der Waals surface area contributed by atoms with Crippen molar-refractivity contribution in [2.45, 2.75) is 6.42 Å². The van der Waals surface area contributed by atoms with Gasteiger partial charge in [0.25, 0.3) is 5.91 Å². The van der Waals surface area contributed by atoms with E-state index in [0.717, 1.165) is 17.9 Å². The molecule has 1 aliphatic rings. The van der Waals surface area contributed by atoms with Gasteiger partial charge in [0.1, 0.15) is 5.82 Å². The van der Waals surface area contributed by atoms with Crippen molar-refractivity contribution in [1.82, 2.24) is 4.90 Å². The number of benzene rings is 1. The van der Waals surface area contributed by atoms with Crippen molar-refractivity contribution >= 4 is 17.7 Å². The third kappa shape index (κ3) is 3.75. The topological polar surface area (TPSA) is 46.3 Å². The van der Waals surface area contributed by atoms with Crippen LogP contribution in [0, 0.1) is 17.7 Å². The third-order valence-electron chi connectivity index (χ3n) is 3.04. The van der Waals surface area contributed by atoms with Crippen LogP contribution in [-0.2, 0) is 0 Å². The summed E-state index contributed by atoms with van der Waals surface area (Å²) in [5.41, 5.74) is 6.03. The summed E-state index contributed by atoms with van der Waals surface area (Å²) in [5.74, 6) is 6.74. The Balaban J connectivity index is 2.23. The molecular weight excluding hydrogens is 275 g/mol. The molecule has 1 fully saturated rings. The molecule has 0 radical (unpaired) electrons. The summed E-state index contributed by atoms with van der Waals surface area (Å²) in [6.07, 6.45) is 0.949. The minimum absolute atomic E-state index is 0.0979. The summed E-state index contributed by atoms with van der Waals surface area (Å²) < 4.78 is 13.9. The molecule has 0 spiro atoms. The van der Waals surface area contributed by atoms with Crippen LogP contribution < -0.4 is 5.73 Å². The Morgan fingerprint density at radius 3 is 3.05 bits per heavy atom. The molecule has 1 aliphatic heterocycles. The smallest absolute Gasteiger partial charge is 0.256 e. The second-order valence-electron chi connectivity index (χ2n) is 4.46. The summed E-state index contributed by atoms with van der Waals surface area (Å²) in [4.78, 5) is 14.1. The second-order valence-corrected chi connectivity index (χ2v) is 5.68. The molecule has 0 unspecified atom stereocenters. The van der Waals surface area contributed by atoms with Gasteiger partial charge >= 0.3 is 0 Å². The Bertz CT molecular complexity index is 543. The molecule has 1 saturated heterocycles. The van der Waals surface area contributed by atoms with Gasteiger partial charge in [0, 0.05) is 24.4 Å². The van der Waals surface area contributed by atoms with E-state index in [4.69, 9.17) is 5.73 Å². The van der Waals surface area contributed by atoms with Crippen LogP contribution in [0.4, 0.5) is 4.39 Å². The molecular formula is C15H17FN2OS. The van der Waals surface area contributed by atoms with Crippen LogP contribution >= 0.6 is 11.8 Å². The Labute approximate surface area is 122 Å². The zero-order valence-electron chi connectivity index (χ0n) is 11.2. The molecule has 2 rings (SSSR count). The number of rotatable bonds is 1. The summed E-state index contributed by atoms with van der Waals surface area (Å²) in [7, 11) is 0. The molecule has 1 heterocycles. The van der Waals surface area contributed by atoms with Crippen LogP contribution in [0.3, 0.4) is 0 Å². The molecule has 0 saturated carbocycles. The maximum absolute atomic E-state index is 13.9. The Kier molecular flexibility index (Phi) is 5.45. The molecule has 1 aromatic rings. The lowest BCUT2D eigenvalue weighted by Gasteiger charge is -2.20. The molecule has 0 aromatic heterocycles. The first-order valence-electron chi connectivity index (χ1n) is 6.58. The number of carbonyl (C=O) groups excluding carboxylic acids is 1. The molecule has 3 nitrogen and oxygen atoms in total. The Hall–Kier alpha value is -1.51. The molecule has 20 heavy (non-hydrogen) atoms. The van der Waals surface area contributed by atoms with E-state index in [1.807, 2.05) is 11.8 Å². The van der Waals surface area contributed by atoms with Crippen molar-refractivity contribution in [3.05, 3.63) is 35.1 Å². The number of carbonyl (C=O) groups is 1. The summed E-state index contributed by atoms with van der Waals surface area (Å²) in [5, 5.41) is 0. The predicted molar refractivity (Wildman–Crippen MR) is 80.2 cm³/mol. The molecule has 0 atom stereocenters. The minimum atomic E-state index is -0.495. The maximum atomic E-state index is 13.9. The fraction of sp³-hybridized carbons (Fsp3) is 0.400.